The minimum Gasteiger partial charge on any atom is -0.406 e. The molecule has 184 valence electrons. The van der Waals surface area contributed by atoms with Crippen molar-refractivity contribution in [1.29, 1.82) is 0 Å². The van der Waals surface area contributed by atoms with Crippen LogP contribution in [0.1, 0.15) is 6.04 Å². The van der Waals surface area contributed by atoms with Crippen LogP contribution in [0.3, 0.4) is 0 Å². The average molecular weight is 507 g/mol. The van der Waals surface area contributed by atoms with E-state index in [9.17, 15) is 26.7 Å². The number of sulfonamides is 1. The molecule has 0 amide bonds. The molecule has 3 aromatic carbocycles. The summed E-state index contributed by atoms with van der Waals surface area (Å²) in [6, 6.07) is 17.7. The Bertz CT molecular complexity index is 1420. The quantitative estimate of drug-likeness (QED) is 0.428. The molecule has 0 aliphatic carbocycles. The van der Waals surface area contributed by atoms with Gasteiger partial charge in [-0.25, -0.2) is 13.1 Å². The van der Waals surface area contributed by atoms with Gasteiger partial charge in [-0.2, -0.15) is 0 Å². The predicted octanol–water partition coefficient (Wildman–Crippen LogP) is 3.97. The molecule has 0 unspecified atom stereocenters. The van der Waals surface area contributed by atoms with Crippen LogP contribution in [0.4, 0.5) is 13.2 Å². The van der Waals surface area contributed by atoms with Gasteiger partial charge in [0.15, 0.2) is 0 Å². The maximum Gasteiger partial charge on any atom is 0.573 e. The standard InChI is InChI=1S/C24H21F3N2O5S/c25-24(26,27)34-15-9-11-16(12-10-15)35(31,32)28-19-13-33-14-22(23(19)30)29-20-7-3-1-5-17(20)18-6-2-4-8-21(18)29/h1-12,19,22-23,28,30H,13-14H2/t19-,22+,23+/m1/s1. The van der Waals surface area contributed by atoms with E-state index >= 15 is 0 Å². The Labute approximate surface area is 198 Å². The van der Waals surface area contributed by atoms with E-state index in [0.29, 0.717) is 0 Å². The van der Waals surface area contributed by atoms with Crippen molar-refractivity contribution < 1.29 is 36.2 Å². The topological polar surface area (TPSA) is 89.8 Å². The Hall–Kier alpha value is -3.12. The van der Waals surface area contributed by atoms with E-state index in [2.05, 4.69) is 9.46 Å². The lowest BCUT2D eigenvalue weighted by molar-refractivity contribution is -0.274. The Morgan fingerprint density at radius 2 is 1.49 bits per heavy atom. The van der Waals surface area contributed by atoms with Crippen LogP contribution in [0.25, 0.3) is 21.8 Å². The molecule has 4 aromatic rings. The molecule has 5 rings (SSSR count). The van der Waals surface area contributed by atoms with E-state index in [-0.39, 0.29) is 18.1 Å². The largest absolute Gasteiger partial charge is 0.573 e. The summed E-state index contributed by atoms with van der Waals surface area (Å²) in [5.41, 5.74) is 1.76. The van der Waals surface area contributed by atoms with E-state index in [1.807, 2.05) is 53.1 Å². The predicted molar refractivity (Wildman–Crippen MR) is 123 cm³/mol. The Morgan fingerprint density at radius 3 is 2.06 bits per heavy atom. The Kier molecular flexibility index (Phi) is 5.96. The molecule has 3 atom stereocenters. The monoisotopic (exact) mass is 506 g/mol. The summed E-state index contributed by atoms with van der Waals surface area (Å²) < 4.78 is 76.8. The van der Waals surface area contributed by atoms with Gasteiger partial charge in [0, 0.05) is 21.8 Å². The summed E-state index contributed by atoms with van der Waals surface area (Å²) in [5, 5.41) is 13.2. The molecule has 1 aromatic heterocycles. The maximum absolute atomic E-state index is 12.9. The number of ether oxygens (including phenoxy) is 2. The fraction of sp³-hybridized carbons (Fsp3) is 0.250. The van der Waals surface area contributed by atoms with E-state index in [0.717, 1.165) is 46.1 Å². The minimum absolute atomic E-state index is 0.0662. The summed E-state index contributed by atoms with van der Waals surface area (Å²) in [4.78, 5) is -0.266. The number of nitrogens with one attached hydrogen (secondary N) is 1. The first-order valence-electron chi connectivity index (χ1n) is 10.8. The molecule has 1 saturated heterocycles. The zero-order valence-electron chi connectivity index (χ0n) is 18.1. The van der Waals surface area contributed by atoms with Crippen LogP contribution in [-0.4, -0.2) is 49.8 Å². The lowest BCUT2D eigenvalue weighted by Crippen LogP contribution is -2.53. The van der Waals surface area contributed by atoms with Crippen molar-refractivity contribution in [2.75, 3.05) is 13.2 Å². The molecule has 1 aliphatic heterocycles. The van der Waals surface area contributed by atoms with E-state index in [1.54, 1.807) is 0 Å². The summed E-state index contributed by atoms with van der Waals surface area (Å²) in [5.74, 6) is -0.538. The molecule has 1 fully saturated rings. The molecule has 0 radical (unpaired) electrons. The van der Waals surface area contributed by atoms with Crippen LogP contribution in [0, 0.1) is 0 Å². The van der Waals surface area contributed by atoms with Gasteiger partial charge in [-0.1, -0.05) is 36.4 Å². The highest BCUT2D eigenvalue weighted by Crippen LogP contribution is 2.35. The molecule has 2 heterocycles. The van der Waals surface area contributed by atoms with Crippen LogP contribution < -0.4 is 9.46 Å². The van der Waals surface area contributed by atoms with Gasteiger partial charge < -0.3 is 19.1 Å². The summed E-state index contributed by atoms with van der Waals surface area (Å²) in [7, 11) is -4.17. The van der Waals surface area contributed by atoms with Gasteiger partial charge in [0.1, 0.15) is 5.75 Å². The van der Waals surface area contributed by atoms with Gasteiger partial charge in [0.05, 0.1) is 36.3 Å². The lowest BCUT2D eigenvalue weighted by Gasteiger charge is -2.36. The molecule has 2 N–H and O–H groups in total. The number of halogens is 3. The van der Waals surface area contributed by atoms with Gasteiger partial charge in [-0.3, -0.25) is 0 Å². The molecular weight excluding hydrogens is 485 g/mol. The van der Waals surface area contributed by atoms with Crippen LogP contribution in [0.2, 0.25) is 0 Å². The minimum atomic E-state index is -4.88. The van der Waals surface area contributed by atoms with E-state index < -0.39 is 40.3 Å². The van der Waals surface area contributed by atoms with Crippen molar-refractivity contribution in [3.05, 3.63) is 72.8 Å². The van der Waals surface area contributed by atoms with E-state index in [4.69, 9.17) is 4.74 Å². The lowest BCUT2D eigenvalue weighted by atomic mass is 10.0. The normalized spacial score (nSPS) is 21.4. The molecule has 7 nitrogen and oxygen atoms in total. The zero-order valence-corrected chi connectivity index (χ0v) is 19.0. The first-order chi connectivity index (χ1) is 16.6. The number of nitrogens with zero attached hydrogens (tertiary/aromatic N) is 1. The number of hydrogen-bond donors (Lipinski definition) is 2. The Morgan fingerprint density at radius 1 is 0.914 bits per heavy atom. The van der Waals surface area contributed by atoms with Crippen LogP contribution >= 0.6 is 0 Å². The third kappa shape index (κ3) is 4.59. The van der Waals surface area contributed by atoms with Gasteiger partial charge >= 0.3 is 6.36 Å². The van der Waals surface area contributed by atoms with Crippen LogP contribution in [0.5, 0.6) is 5.75 Å². The number of aliphatic hydroxyl groups excluding tert-OH is 1. The molecule has 0 spiro atoms. The number of fused-ring (bicyclic) bond motifs is 3. The summed E-state index contributed by atoms with van der Waals surface area (Å²) >= 11 is 0. The van der Waals surface area contributed by atoms with E-state index in [1.165, 1.54) is 0 Å². The number of benzene rings is 3. The smallest absolute Gasteiger partial charge is 0.406 e. The maximum atomic E-state index is 12.9. The van der Waals surface area contributed by atoms with Crippen molar-refractivity contribution in [2.45, 2.75) is 29.4 Å². The number of para-hydroxylation sites is 2. The van der Waals surface area contributed by atoms with Crippen LogP contribution in [0.15, 0.2) is 77.7 Å². The molecule has 35 heavy (non-hydrogen) atoms. The van der Waals surface area contributed by atoms with Gasteiger partial charge in [0.25, 0.3) is 0 Å². The highest BCUT2D eigenvalue weighted by Gasteiger charge is 2.38. The highest BCUT2D eigenvalue weighted by molar-refractivity contribution is 7.89. The molecule has 0 bridgehead atoms. The molecular formula is C24H21F3N2O5S. The van der Waals surface area contributed by atoms with Crippen molar-refractivity contribution in [2.24, 2.45) is 0 Å². The first kappa shape index (κ1) is 23.6. The number of aromatic nitrogens is 1. The third-order valence-electron chi connectivity index (χ3n) is 6.02. The average Bonchev–Trinajstić information content (AvgIpc) is 3.14. The third-order valence-corrected chi connectivity index (χ3v) is 7.52. The van der Waals surface area contributed by atoms with Crippen molar-refractivity contribution in [3.8, 4) is 5.75 Å². The van der Waals surface area contributed by atoms with Gasteiger partial charge in [-0.15, -0.1) is 13.2 Å². The number of alkyl halides is 3. The van der Waals surface area contributed by atoms with Crippen molar-refractivity contribution >= 4 is 31.8 Å². The van der Waals surface area contributed by atoms with Gasteiger partial charge in [0.2, 0.25) is 10.0 Å². The van der Waals surface area contributed by atoms with Crippen LogP contribution in [-0.2, 0) is 14.8 Å². The van der Waals surface area contributed by atoms with Crippen molar-refractivity contribution in [1.82, 2.24) is 9.29 Å². The Balaban J connectivity index is 1.42. The summed E-state index contributed by atoms with van der Waals surface area (Å²) in [6.45, 7) is 0.106. The zero-order chi connectivity index (χ0) is 24.8. The summed E-state index contributed by atoms with van der Waals surface area (Å²) in [6.07, 6.45) is -6.02. The second kappa shape index (κ2) is 8.83. The number of rotatable bonds is 5. The van der Waals surface area contributed by atoms with Gasteiger partial charge in [-0.05, 0) is 36.4 Å². The number of aliphatic hydroxyl groups is 1. The fourth-order valence-corrected chi connectivity index (χ4v) is 5.75. The molecule has 0 saturated carbocycles. The molecule has 11 heteroatoms. The van der Waals surface area contributed by atoms with Crippen molar-refractivity contribution in [3.63, 3.8) is 0 Å². The second-order valence-electron chi connectivity index (χ2n) is 8.25. The highest BCUT2D eigenvalue weighted by atomic mass is 32.2. The number of hydrogen-bond acceptors (Lipinski definition) is 5. The SMILES string of the molecule is O=S(=O)(N[C@@H]1COC[C@H](n2c3ccccc3c3ccccc32)[C@H]1O)c1ccc(OC(F)(F)F)cc1. The second-order valence-corrected chi connectivity index (χ2v) is 9.96. The first-order valence-corrected chi connectivity index (χ1v) is 12.2. The fourth-order valence-electron chi connectivity index (χ4n) is 4.51. The molecule has 1 aliphatic rings.